The van der Waals surface area contributed by atoms with Crippen LogP contribution in [0.5, 0.6) is 0 Å². The van der Waals surface area contributed by atoms with Gasteiger partial charge in [0.05, 0.1) is 10.7 Å². The quantitative estimate of drug-likeness (QED) is 0.832. The van der Waals surface area contributed by atoms with Gasteiger partial charge >= 0.3 is 0 Å². The predicted octanol–water partition coefficient (Wildman–Crippen LogP) is 4.22. The molecule has 110 valence electrons. The fourth-order valence-corrected chi connectivity index (χ4v) is 4.05. The van der Waals surface area contributed by atoms with Crippen molar-refractivity contribution in [3.8, 4) is 0 Å². The van der Waals surface area contributed by atoms with Crippen LogP contribution in [0.2, 0.25) is 5.02 Å². The maximum Gasteiger partial charge on any atom is 0.263 e. The molecule has 0 radical (unpaired) electrons. The molecule has 0 saturated heterocycles. The maximum absolute atomic E-state index is 12.3. The van der Waals surface area contributed by atoms with E-state index < -0.39 is 0 Å². The molecule has 2 aromatic rings. The number of nitrogens with one attached hydrogen (secondary N) is 1. The Kier molecular flexibility index (Phi) is 4.17. The van der Waals surface area contributed by atoms with Gasteiger partial charge in [0, 0.05) is 16.6 Å². The third kappa shape index (κ3) is 2.92. The van der Waals surface area contributed by atoms with Crippen LogP contribution < -0.4 is 11.1 Å². The average Bonchev–Trinajstić information content (AvgIpc) is 2.84. The second-order valence-corrected chi connectivity index (χ2v) is 6.78. The largest absolute Gasteiger partial charge is 0.397 e. The molecule has 0 saturated carbocycles. The van der Waals surface area contributed by atoms with Crippen molar-refractivity contribution in [1.82, 2.24) is 5.32 Å². The minimum Gasteiger partial charge on any atom is -0.397 e. The molecule has 1 aliphatic rings. The lowest BCUT2D eigenvalue weighted by Crippen LogP contribution is -2.29. The molecule has 3 nitrogen and oxygen atoms in total. The summed E-state index contributed by atoms with van der Waals surface area (Å²) < 4.78 is 0.950. The van der Waals surface area contributed by atoms with Crippen molar-refractivity contribution in [2.75, 3.05) is 12.3 Å². The molecule has 1 atom stereocenters. The van der Waals surface area contributed by atoms with Gasteiger partial charge in [0.1, 0.15) is 4.88 Å². The van der Waals surface area contributed by atoms with Crippen molar-refractivity contribution in [3.63, 3.8) is 0 Å². The Morgan fingerprint density at radius 3 is 3.00 bits per heavy atom. The molecule has 1 aromatic carbocycles. The third-order valence-electron chi connectivity index (χ3n) is 3.84. The maximum atomic E-state index is 12.3. The second kappa shape index (κ2) is 6.08. The van der Waals surface area contributed by atoms with Crippen LogP contribution >= 0.6 is 22.9 Å². The summed E-state index contributed by atoms with van der Waals surface area (Å²) >= 11 is 7.56. The number of nitrogens with two attached hydrogens (primary N) is 1. The van der Waals surface area contributed by atoms with Crippen LogP contribution in [0.15, 0.2) is 30.4 Å². The molecule has 0 aliphatic heterocycles. The summed E-state index contributed by atoms with van der Waals surface area (Å²) in [5.41, 5.74) is 6.59. The van der Waals surface area contributed by atoms with Gasteiger partial charge in [-0.05, 0) is 37.3 Å². The average molecular weight is 321 g/mol. The van der Waals surface area contributed by atoms with Crippen LogP contribution in [0.25, 0.3) is 10.1 Å². The van der Waals surface area contributed by atoms with E-state index in [9.17, 15) is 4.79 Å². The van der Waals surface area contributed by atoms with Crippen molar-refractivity contribution in [2.24, 2.45) is 5.92 Å². The highest BCUT2D eigenvalue weighted by molar-refractivity contribution is 7.21. The Labute approximate surface area is 132 Å². The highest BCUT2D eigenvalue weighted by Crippen LogP contribution is 2.37. The van der Waals surface area contributed by atoms with Gasteiger partial charge < -0.3 is 11.1 Å². The van der Waals surface area contributed by atoms with Crippen LogP contribution in [0, 0.1) is 5.92 Å². The molecule has 1 aliphatic carbocycles. The molecule has 1 unspecified atom stereocenters. The molecule has 21 heavy (non-hydrogen) atoms. The number of allylic oxidation sites excluding steroid dienone is 2. The lowest BCUT2D eigenvalue weighted by Gasteiger charge is -2.17. The van der Waals surface area contributed by atoms with E-state index in [-0.39, 0.29) is 5.91 Å². The number of halogens is 1. The van der Waals surface area contributed by atoms with Gasteiger partial charge in [0.15, 0.2) is 0 Å². The lowest BCUT2D eigenvalue weighted by molar-refractivity contribution is 0.0951. The van der Waals surface area contributed by atoms with Gasteiger partial charge in [-0.1, -0.05) is 29.8 Å². The summed E-state index contributed by atoms with van der Waals surface area (Å²) in [5, 5.41) is 4.39. The predicted molar refractivity (Wildman–Crippen MR) is 90.1 cm³/mol. The number of hydrogen-bond donors (Lipinski definition) is 2. The minimum atomic E-state index is -0.0979. The van der Waals surface area contributed by atoms with Crippen molar-refractivity contribution < 1.29 is 4.79 Å². The summed E-state index contributed by atoms with van der Waals surface area (Å²) in [5.74, 6) is 0.428. The number of nitrogen functional groups attached to an aromatic ring is 1. The first kappa shape index (κ1) is 14.4. The number of anilines is 1. The number of amides is 1. The first-order valence-electron chi connectivity index (χ1n) is 7.06. The molecule has 3 N–H and O–H groups in total. The fourth-order valence-electron chi connectivity index (χ4n) is 2.66. The van der Waals surface area contributed by atoms with Crippen molar-refractivity contribution in [3.05, 3.63) is 40.3 Å². The first-order valence-corrected chi connectivity index (χ1v) is 8.26. The molecular weight excluding hydrogens is 304 g/mol. The van der Waals surface area contributed by atoms with Crippen molar-refractivity contribution in [2.45, 2.75) is 19.3 Å². The van der Waals surface area contributed by atoms with Gasteiger partial charge in [0.2, 0.25) is 0 Å². The Bertz CT molecular complexity index is 708. The fraction of sp³-hybridized carbons (Fsp3) is 0.312. The zero-order valence-electron chi connectivity index (χ0n) is 11.6. The summed E-state index contributed by atoms with van der Waals surface area (Å²) in [6.45, 7) is 0.699. The van der Waals surface area contributed by atoms with Gasteiger partial charge in [0.25, 0.3) is 5.91 Å². The molecular formula is C16H17ClN2OS. The van der Waals surface area contributed by atoms with E-state index in [0.717, 1.165) is 29.3 Å². The third-order valence-corrected chi connectivity index (χ3v) is 5.32. The number of benzene rings is 1. The molecule has 1 amide bonds. The van der Waals surface area contributed by atoms with Gasteiger partial charge in [-0.2, -0.15) is 0 Å². The van der Waals surface area contributed by atoms with Crippen LogP contribution in [-0.2, 0) is 0 Å². The summed E-state index contributed by atoms with van der Waals surface area (Å²) in [6.07, 6.45) is 7.65. The van der Waals surface area contributed by atoms with Crippen molar-refractivity contribution in [1.29, 1.82) is 0 Å². The van der Waals surface area contributed by atoms with E-state index >= 15 is 0 Å². The number of fused-ring (bicyclic) bond motifs is 1. The molecule has 0 fully saturated rings. The van der Waals surface area contributed by atoms with Gasteiger partial charge in [-0.15, -0.1) is 11.3 Å². The Balaban J connectivity index is 1.77. The van der Waals surface area contributed by atoms with E-state index in [4.69, 9.17) is 17.3 Å². The molecule has 1 aromatic heterocycles. The van der Waals surface area contributed by atoms with E-state index in [1.54, 1.807) is 6.07 Å². The molecule has 5 heteroatoms. The van der Waals surface area contributed by atoms with Crippen LogP contribution in [0.4, 0.5) is 5.69 Å². The molecule has 0 bridgehead atoms. The summed E-state index contributed by atoms with van der Waals surface area (Å²) in [6, 6.07) is 5.60. The highest BCUT2D eigenvalue weighted by Gasteiger charge is 2.19. The van der Waals surface area contributed by atoms with E-state index in [2.05, 4.69) is 17.5 Å². The second-order valence-electron chi connectivity index (χ2n) is 5.32. The van der Waals surface area contributed by atoms with Crippen molar-refractivity contribution >= 4 is 44.6 Å². The number of rotatable bonds is 3. The van der Waals surface area contributed by atoms with Gasteiger partial charge in [-0.25, -0.2) is 0 Å². The molecule has 1 heterocycles. The summed E-state index contributed by atoms with van der Waals surface area (Å²) in [4.78, 5) is 12.9. The standard InChI is InChI=1S/C16H17ClN2OS/c17-11-7-4-8-12-13(11)14(18)15(21-12)16(20)19-9-10-5-2-1-3-6-10/h1-2,4,7-8,10H,3,5-6,9,18H2,(H,19,20). The number of carbonyl (C=O) groups is 1. The van der Waals surface area contributed by atoms with E-state index in [0.29, 0.717) is 28.0 Å². The topological polar surface area (TPSA) is 55.1 Å². The highest BCUT2D eigenvalue weighted by atomic mass is 35.5. The molecule has 0 spiro atoms. The van der Waals surface area contributed by atoms with E-state index in [1.807, 2.05) is 12.1 Å². The zero-order valence-corrected chi connectivity index (χ0v) is 13.1. The monoisotopic (exact) mass is 320 g/mol. The SMILES string of the molecule is Nc1c(C(=O)NCC2CC=CCC2)sc2cccc(Cl)c12. The van der Waals surface area contributed by atoms with Crippen LogP contribution in [0.1, 0.15) is 28.9 Å². The lowest BCUT2D eigenvalue weighted by atomic mass is 9.94. The normalized spacial score (nSPS) is 18.0. The zero-order chi connectivity index (χ0) is 14.8. The number of thiophene rings is 1. The Morgan fingerprint density at radius 2 is 2.29 bits per heavy atom. The van der Waals surface area contributed by atoms with Crippen LogP contribution in [-0.4, -0.2) is 12.5 Å². The number of hydrogen-bond acceptors (Lipinski definition) is 3. The van der Waals surface area contributed by atoms with Crippen LogP contribution in [0.3, 0.4) is 0 Å². The molecule has 3 rings (SSSR count). The minimum absolute atomic E-state index is 0.0979. The van der Waals surface area contributed by atoms with Gasteiger partial charge in [-0.3, -0.25) is 4.79 Å². The smallest absolute Gasteiger partial charge is 0.263 e. The van der Waals surface area contributed by atoms with E-state index in [1.165, 1.54) is 11.3 Å². The Morgan fingerprint density at radius 1 is 1.43 bits per heavy atom. The Hall–Kier alpha value is -1.52. The number of carbonyl (C=O) groups excluding carboxylic acids is 1. The first-order chi connectivity index (χ1) is 10.2. The summed E-state index contributed by atoms with van der Waals surface area (Å²) in [7, 11) is 0.